The number of carbonyl (C=O) groups excluding carboxylic acids is 1. The number of benzene rings is 5. The van der Waals surface area contributed by atoms with Gasteiger partial charge in [-0.15, -0.1) is 10.2 Å². The molecule has 0 saturated carbocycles. The number of phenolic OH excluding ortho intramolecular Hbond substituents is 1. The number of aromatic hydroxyl groups is 1. The van der Waals surface area contributed by atoms with E-state index in [1.165, 1.54) is 41.7 Å². The van der Waals surface area contributed by atoms with Crippen molar-refractivity contribution in [1.82, 2.24) is 0 Å². The molecule has 0 aromatic heterocycles. The van der Waals surface area contributed by atoms with E-state index in [1.807, 2.05) is 0 Å². The van der Waals surface area contributed by atoms with Crippen molar-refractivity contribution in [2.45, 2.75) is 16.7 Å². The van der Waals surface area contributed by atoms with Gasteiger partial charge < -0.3 is 25.4 Å². The van der Waals surface area contributed by atoms with Crippen LogP contribution in [0.15, 0.2) is 117 Å². The van der Waals surface area contributed by atoms with Gasteiger partial charge in [-0.25, -0.2) is 16.8 Å². The maximum atomic E-state index is 14.0. The van der Waals surface area contributed by atoms with Crippen LogP contribution in [0.3, 0.4) is 0 Å². The maximum Gasteiger partial charge on any atom is 1.00 e. The molecule has 242 valence electrons. The fourth-order valence-electron chi connectivity index (χ4n) is 4.79. The normalized spacial score (nSPS) is 11.6. The number of sulfonamides is 1. The molecule has 0 saturated heterocycles. The average molecular weight is 698 g/mol. The molecule has 13 nitrogen and oxygen atoms in total. The summed E-state index contributed by atoms with van der Waals surface area (Å²) in [6.45, 7) is 1.72. The molecule has 0 aliphatic carbocycles. The quantitative estimate of drug-likeness (QED) is 0.0848. The van der Waals surface area contributed by atoms with Crippen molar-refractivity contribution in [2.75, 3.05) is 29.0 Å². The minimum Gasteiger partial charge on any atom is -0.744 e. The summed E-state index contributed by atoms with van der Waals surface area (Å²) in [4.78, 5) is 11.8. The number of amides is 1. The number of ether oxygens (including phenoxy) is 1. The van der Waals surface area contributed by atoms with Gasteiger partial charge in [0.15, 0.2) is 0 Å². The first-order valence-corrected chi connectivity index (χ1v) is 16.8. The second-order valence-corrected chi connectivity index (χ2v) is 13.3. The van der Waals surface area contributed by atoms with Crippen LogP contribution in [0, 0.1) is 0 Å². The van der Waals surface area contributed by atoms with Crippen molar-refractivity contribution in [1.29, 1.82) is 0 Å². The molecule has 0 unspecified atom stereocenters. The number of phenols is 1. The monoisotopic (exact) mass is 697 g/mol. The first-order valence-electron chi connectivity index (χ1n) is 13.9. The number of methoxy groups -OCH3 is 1. The first-order chi connectivity index (χ1) is 22.3. The van der Waals surface area contributed by atoms with E-state index in [1.54, 1.807) is 61.5 Å². The summed E-state index contributed by atoms with van der Waals surface area (Å²) in [5, 5.41) is 21.8. The zero-order chi connectivity index (χ0) is 33.9. The first kappa shape index (κ1) is 36.3. The molecule has 0 radical (unpaired) electrons. The third-order valence-corrected chi connectivity index (χ3v) is 9.87. The third kappa shape index (κ3) is 7.62. The number of anilines is 3. The van der Waals surface area contributed by atoms with Crippen molar-refractivity contribution < 1.29 is 65.6 Å². The molecule has 5 aromatic rings. The van der Waals surface area contributed by atoms with Gasteiger partial charge >= 0.3 is 29.6 Å². The Kier molecular flexibility index (Phi) is 11.1. The molecule has 0 aliphatic heterocycles. The van der Waals surface area contributed by atoms with Gasteiger partial charge in [-0.05, 0) is 91.2 Å². The van der Waals surface area contributed by atoms with Gasteiger partial charge in [0.2, 0.25) is 0 Å². The molecule has 0 aliphatic rings. The van der Waals surface area contributed by atoms with Crippen molar-refractivity contribution >= 4 is 65.3 Å². The van der Waals surface area contributed by atoms with Crippen LogP contribution >= 0.6 is 0 Å². The van der Waals surface area contributed by atoms with Crippen LogP contribution < -0.4 is 49.6 Å². The van der Waals surface area contributed by atoms with Gasteiger partial charge in [0.25, 0.3) is 15.9 Å². The Morgan fingerprint density at radius 3 is 2.23 bits per heavy atom. The van der Waals surface area contributed by atoms with Gasteiger partial charge in [-0.3, -0.25) is 9.10 Å². The van der Waals surface area contributed by atoms with Crippen LogP contribution in [0.4, 0.5) is 28.4 Å². The van der Waals surface area contributed by atoms with Gasteiger partial charge in [0.05, 0.1) is 28.8 Å². The largest absolute Gasteiger partial charge is 1.00 e. The third-order valence-electron chi connectivity index (χ3n) is 7.11. The number of rotatable bonds is 10. The van der Waals surface area contributed by atoms with Gasteiger partial charge in [-0.2, -0.15) is 0 Å². The fraction of sp³-hybridized carbons (Fsp3) is 0.0938. The van der Waals surface area contributed by atoms with Crippen LogP contribution in [0.5, 0.6) is 11.5 Å². The average Bonchev–Trinajstić information content (AvgIpc) is 3.05. The molecular weight excluding hydrogens is 670 g/mol. The predicted molar refractivity (Wildman–Crippen MR) is 176 cm³/mol. The molecular formula is C32H28N5NaO8S2. The standard InChI is InChI=1S/C32H29N5O8S2.Na/c1-3-37(23-13-11-22(12-14-23)34-32(39)20-8-15-24(45-2)16-9-20)46(40,41)29-7-5-4-6-27(29)35-36-31-26(33)17-10-21-18-25(47(42,43)44)19-28(38)30(21)31;/h4-19,38H,3,33H2,1-2H3,(H,34,39)(H,42,43,44);/q;+1/p-1. The van der Waals surface area contributed by atoms with Crippen molar-refractivity contribution in [3.63, 3.8) is 0 Å². The van der Waals surface area contributed by atoms with Crippen LogP contribution in [0.25, 0.3) is 10.8 Å². The van der Waals surface area contributed by atoms with Crippen LogP contribution in [0.1, 0.15) is 17.3 Å². The van der Waals surface area contributed by atoms with E-state index in [9.17, 15) is 31.3 Å². The van der Waals surface area contributed by atoms with E-state index < -0.39 is 30.8 Å². The molecule has 0 bridgehead atoms. The van der Waals surface area contributed by atoms with Crippen molar-refractivity contribution in [2.24, 2.45) is 10.2 Å². The smallest absolute Gasteiger partial charge is 0.744 e. The molecule has 5 rings (SSSR count). The Morgan fingerprint density at radius 1 is 0.938 bits per heavy atom. The minimum atomic E-state index is -4.86. The number of hydrogen-bond donors (Lipinski definition) is 3. The number of carbonyl (C=O) groups is 1. The molecule has 0 heterocycles. The second kappa shape index (κ2) is 14.7. The van der Waals surface area contributed by atoms with E-state index in [0.29, 0.717) is 22.7 Å². The molecule has 0 fully saturated rings. The Balaban J connectivity index is 0.00000520. The molecule has 0 spiro atoms. The van der Waals surface area contributed by atoms with Gasteiger partial charge in [0, 0.05) is 17.8 Å². The van der Waals surface area contributed by atoms with E-state index >= 15 is 0 Å². The van der Waals surface area contributed by atoms with E-state index in [0.717, 1.165) is 12.1 Å². The molecule has 4 N–H and O–H groups in total. The van der Waals surface area contributed by atoms with Crippen molar-refractivity contribution in [3.8, 4) is 11.5 Å². The second-order valence-electron chi connectivity index (χ2n) is 10.1. The summed E-state index contributed by atoms with van der Waals surface area (Å²) in [6, 6.07) is 23.4. The van der Waals surface area contributed by atoms with Crippen LogP contribution in [0.2, 0.25) is 0 Å². The molecule has 48 heavy (non-hydrogen) atoms. The Hall–Kier alpha value is -4.51. The Morgan fingerprint density at radius 2 is 1.60 bits per heavy atom. The number of hydrogen-bond acceptors (Lipinski definition) is 11. The van der Waals surface area contributed by atoms with Crippen molar-refractivity contribution in [3.05, 3.63) is 103 Å². The van der Waals surface area contributed by atoms with Gasteiger partial charge in [-0.1, -0.05) is 18.2 Å². The molecule has 16 heteroatoms. The van der Waals surface area contributed by atoms with Crippen LogP contribution in [-0.4, -0.2) is 46.1 Å². The minimum absolute atomic E-state index is 0. The summed E-state index contributed by atoms with van der Waals surface area (Å²) in [6.07, 6.45) is 0. The Bertz CT molecular complexity index is 2230. The maximum absolute atomic E-state index is 14.0. The Labute approximate surface area is 299 Å². The zero-order valence-corrected chi connectivity index (χ0v) is 29.6. The number of nitrogens with one attached hydrogen (secondary N) is 1. The molecule has 0 atom stereocenters. The zero-order valence-electron chi connectivity index (χ0n) is 26.0. The SMILES string of the molecule is CCN(c1ccc(NC(=O)c2ccc(OC)cc2)cc1)S(=O)(=O)c1ccccc1N=Nc1c(N)ccc2cc(S(=O)(=O)[O-])cc(O)c12.[Na+]. The summed E-state index contributed by atoms with van der Waals surface area (Å²) in [5.74, 6) is -0.308. The molecule has 5 aromatic carbocycles. The van der Waals surface area contributed by atoms with E-state index in [4.69, 9.17) is 10.5 Å². The van der Waals surface area contributed by atoms with E-state index in [2.05, 4.69) is 15.5 Å². The summed E-state index contributed by atoms with van der Waals surface area (Å²) < 4.78 is 68.8. The predicted octanol–water partition coefficient (Wildman–Crippen LogP) is 2.93. The summed E-state index contributed by atoms with van der Waals surface area (Å²) in [7, 11) is -7.54. The molecule has 1 amide bonds. The number of nitrogen functional groups attached to an aromatic ring is 1. The summed E-state index contributed by atoms with van der Waals surface area (Å²) in [5.41, 5.74) is 7.26. The number of nitrogens with two attached hydrogens (primary N) is 1. The van der Waals surface area contributed by atoms with Crippen LogP contribution in [-0.2, 0) is 20.1 Å². The number of fused-ring (bicyclic) bond motifs is 1. The topological polar surface area (TPSA) is 204 Å². The number of nitrogens with zero attached hydrogens (tertiary/aromatic N) is 3. The number of azo groups is 1. The van der Waals surface area contributed by atoms with E-state index in [-0.39, 0.29) is 74.7 Å². The summed E-state index contributed by atoms with van der Waals surface area (Å²) >= 11 is 0. The van der Waals surface area contributed by atoms with Gasteiger partial charge in [0.1, 0.15) is 37.9 Å². The fourth-order valence-corrected chi connectivity index (χ4v) is 6.92.